The molecule has 0 aliphatic heterocycles. The van der Waals surface area contributed by atoms with Crippen LogP contribution in [0.25, 0.3) is 0 Å². The minimum absolute atomic E-state index is 0.289. The maximum atomic E-state index is 13.7. The van der Waals surface area contributed by atoms with Crippen LogP contribution in [0.4, 0.5) is 15.9 Å². The van der Waals surface area contributed by atoms with Crippen molar-refractivity contribution in [2.75, 3.05) is 5.32 Å². The molecule has 0 saturated heterocycles. The quantitative estimate of drug-likeness (QED) is 0.871. The van der Waals surface area contributed by atoms with Crippen molar-refractivity contribution in [3.05, 3.63) is 46.1 Å². The van der Waals surface area contributed by atoms with Crippen LogP contribution in [0.15, 0.2) is 28.9 Å². The third-order valence-corrected chi connectivity index (χ3v) is 2.94. The van der Waals surface area contributed by atoms with Crippen LogP contribution in [0, 0.1) is 12.7 Å². The number of hydrogen-bond donors (Lipinski definition) is 1. The van der Waals surface area contributed by atoms with Crippen molar-refractivity contribution in [2.24, 2.45) is 0 Å². The van der Waals surface area contributed by atoms with E-state index in [1.807, 2.05) is 19.9 Å². The zero-order chi connectivity index (χ0) is 13.1. The van der Waals surface area contributed by atoms with Crippen molar-refractivity contribution < 1.29 is 4.39 Å². The predicted octanol–water partition coefficient (Wildman–Crippen LogP) is 3.99. The Morgan fingerprint density at radius 3 is 2.78 bits per heavy atom. The average molecular weight is 310 g/mol. The Hall–Kier alpha value is -1.49. The number of benzene rings is 1. The monoisotopic (exact) mass is 309 g/mol. The fourth-order valence-corrected chi connectivity index (χ4v) is 2.03. The molecule has 1 aromatic carbocycles. The zero-order valence-electron chi connectivity index (χ0n) is 10.2. The summed E-state index contributed by atoms with van der Waals surface area (Å²) in [4.78, 5) is 8.52. The van der Waals surface area contributed by atoms with Crippen LogP contribution in [-0.2, 0) is 6.42 Å². The summed E-state index contributed by atoms with van der Waals surface area (Å²) >= 11 is 3.32. The summed E-state index contributed by atoms with van der Waals surface area (Å²) < 4.78 is 14.4. The van der Waals surface area contributed by atoms with E-state index in [2.05, 4.69) is 31.2 Å². The Kier molecular flexibility index (Phi) is 3.91. The molecule has 1 N–H and O–H groups in total. The lowest BCUT2D eigenvalue weighted by molar-refractivity contribution is 0.630. The Morgan fingerprint density at radius 2 is 2.11 bits per heavy atom. The van der Waals surface area contributed by atoms with E-state index in [4.69, 9.17) is 0 Å². The number of rotatable bonds is 3. The van der Waals surface area contributed by atoms with Crippen molar-refractivity contribution >= 4 is 27.4 Å². The summed E-state index contributed by atoms with van der Waals surface area (Å²) in [6.07, 6.45) is 0.727. The molecule has 0 amide bonds. The van der Waals surface area contributed by atoms with Crippen molar-refractivity contribution in [2.45, 2.75) is 20.3 Å². The van der Waals surface area contributed by atoms with Gasteiger partial charge in [0.15, 0.2) is 0 Å². The number of hydrogen-bond acceptors (Lipinski definition) is 3. The molecule has 3 nitrogen and oxygen atoms in total. The highest BCUT2D eigenvalue weighted by atomic mass is 79.9. The predicted molar refractivity (Wildman–Crippen MR) is 73.5 cm³/mol. The number of aryl methyl sites for hydroxylation is 2. The first-order valence-electron chi connectivity index (χ1n) is 5.65. The van der Waals surface area contributed by atoms with E-state index >= 15 is 0 Å². The first kappa shape index (κ1) is 13.0. The van der Waals surface area contributed by atoms with Gasteiger partial charge in [-0.15, -0.1) is 0 Å². The highest BCUT2D eigenvalue weighted by Gasteiger charge is 2.07. The first-order valence-corrected chi connectivity index (χ1v) is 6.45. The van der Waals surface area contributed by atoms with Gasteiger partial charge < -0.3 is 5.32 Å². The van der Waals surface area contributed by atoms with E-state index in [-0.39, 0.29) is 5.82 Å². The molecule has 0 saturated carbocycles. The van der Waals surface area contributed by atoms with E-state index in [0.717, 1.165) is 12.0 Å². The molecule has 2 aromatic rings. The fourth-order valence-electron chi connectivity index (χ4n) is 1.61. The number of nitrogens with zero attached hydrogens (tertiary/aromatic N) is 2. The molecular weight excluding hydrogens is 297 g/mol. The lowest BCUT2D eigenvalue weighted by atomic mass is 10.2. The van der Waals surface area contributed by atoms with Crippen LogP contribution in [-0.4, -0.2) is 9.97 Å². The van der Waals surface area contributed by atoms with E-state index in [1.165, 1.54) is 6.07 Å². The average Bonchev–Trinajstić information content (AvgIpc) is 2.33. The summed E-state index contributed by atoms with van der Waals surface area (Å²) in [7, 11) is 0. The van der Waals surface area contributed by atoms with Gasteiger partial charge in [-0.3, -0.25) is 0 Å². The summed E-state index contributed by atoms with van der Waals surface area (Å²) in [5, 5.41) is 3.00. The molecule has 0 unspecified atom stereocenters. The number of aromatic nitrogens is 2. The highest BCUT2D eigenvalue weighted by molar-refractivity contribution is 9.10. The van der Waals surface area contributed by atoms with E-state index < -0.39 is 0 Å². The van der Waals surface area contributed by atoms with E-state index in [1.54, 1.807) is 12.1 Å². The Labute approximate surface area is 114 Å². The SMILES string of the molecule is CCc1nc(Br)cc(Nc2c(C)cccc2F)n1. The number of nitrogens with one attached hydrogen (secondary N) is 1. The van der Waals surface area contributed by atoms with Crippen LogP contribution in [0.1, 0.15) is 18.3 Å². The second-order valence-corrected chi connectivity index (χ2v) is 4.71. The van der Waals surface area contributed by atoms with Gasteiger partial charge in [0.05, 0.1) is 5.69 Å². The van der Waals surface area contributed by atoms with Gasteiger partial charge in [0.1, 0.15) is 22.1 Å². The lowest BCUT2D eigenvalue weighted by Crippen LogP contribution is -2.02. The van der Waals surface area contributed by atoms with Crippen molar-refractivity contribution in [3.8, 4) is 0 Å². The summed E-state index contributed by atoms with van der Waals surface area (Å²) in [5.41, 5.74) is 1.29. The second-order valence-electron chi connectivity index (χ2n) is 3.90. The molecule has 0 radical (unpaired) electrons. The number of anilines is 2. The van der Waals surface area contributed by atoms with Gasteiger partial charge in [0.2, 0.25) is 0 Å². The minimum Gasteiger partial charge on any atom is -0.337 e. The first-order chi connectivity index (χ1) is 8.60. The summed E-state index contributed by atoms with van der Waals surface area (Å²) in [5.74, 6) is 1.01. The molecule has 0 aliphatic carbocycles. The third kappa shape index (κ3) is 2.85. The molecule has 18 heavy (non-hydrogen) atoms. The zero-order valence-corrected chi connectivity index (χ0v) is 11.8. The molecule has 1 aromatic heterocycles. The van der Waals surface area contributed by atoms with Gasteiger partial charge in [0.25, 0.3) is 0 Å². The van der Waals surface area contributed by atoms with Gasteiger partial charge in [-0.2, -0.15) is 0 Å². The maximum Gasteiger partial charge on any atom is 0.146 e. The minimum atomic E-state index is -0.289. The van der Waals surface area contributed by atoms with E-state index in [9.17, 15) is 4.39 Å². The summed E-state index contributed by atoms with van der Waals surface area (Å²) in [6, 6.07) is 6.68. The van der Waals surface area contributed by atoms with Gasteiger partial charge in [-0.05, 0) is 34.5 Å². The van der Waals surface area contributed by atoms with Crippen LogP contribution in [0.3, 0.4) is 0 Å². The normalized spacial score (nSPS) is 10.4. The molecule has 0 fully saturated rings. The highest BCUT2D eigenvalue weighted by Crippen LogP contribution is 2.23. The van der Waals surface area contributed by atoms with E-state index in [0.29, 0.717) is 21.9 Å². The second kappa shape index (κ2) is 5.44. The third-order valence-electron chi connectivity index (χ3n) is 2.53. The van der Waals surface area contributed by atoms with Crippen molar-refractivity contribution in [3.63, 3.8) is 0 Å². The molecule has 5 heteroatoms. The Morgan fingerprint density at radius 1 is 1.33 bits per heavy atom. The molecular formula is C13H13BrFN3. The van der Waals surface area contributed by atoms with Crippen LogP contribution in [0.2, 0.25) is 0 Å². The Balaban J connectivity index is 2.37. The molecule has 2 rings (SSSR count). The smallest absolute Gasteiger partial charge is 0.146 e. The number of halogens is 2. The molecule has 0 spiro atoms. The Bertz CT molecular complexity index is 552. The van der Waals surface area contributed by atoms with Crippen molar-refractivity contribution in [1.29, 1.82) is 0 Å². The van der Waals surface area contributed by atoms with Gasteiger partial charge in [-0.1, -0.05) is 19.1 Å². The fraction of sp³-hybridized carbons (Fsp3) is 0.231. The van der Waals surface area contributed by atoms with Gasteiger partial charge >= 0.3 is 0 Å². The molecule has 1 heterocycles. The maximum absolute atomic E-state index is 13.7. The topological polar surface area (TPSA) is 37.8 Å². The number of para-hydroxylation sites is 1. The van der Waals surface area contributed by atoms with Crippen LogP contribution >= 0.6 is 15.9 Å². The van der Waals surface area contributed by atoms with Crippen molar-refractivity contribution in [1.82, 2.24) is 9.97 Å². The lowest BCUT2D eigenvalue weighted by Gasteiger charge is -2.10. The summed E-state index contributed by atoms with van der Waals surface area (Å²) in [6.45, 7) is 3.82. The largest absolute Gasteiger partial charge is 0.337 e. The molecule has 0 bridgehead atoms. The molecule has 94 valence electrons. The van der Waals surface area contributed by atoms with Gasteiger partial charge in [-0.25, -0.2) is 14.4 Å². The van der Waals surface area contributed by atoms with Crippen LogP contribution in [0.5, 0.6) is 0 Å². The molecule has 0 atom stereocenters. The standard InChI is InChI=1S/C13H13BrFN3/c1-3-11-16-10(14)7-12(17-11)18-13-8(2)5-4-6-9(13)15/h4-7H,3H2,1-2H3,(H,16,17,18). The van der Waals surface area contributed by atoms with Gasteiger partial charge in [0, 0.05) is 12.5 Å². The molecule has 0 aliphatic rings. The van der Waals surface area contributed by atoms with Crippen LogP contribution < -0.4 is 5.32 Å².